The minimum Gasteiger partial charge on any atom is -0.455 e. The summed E-state index contributed by atoms with van der Waals surface area (Å²) in [5.41, 5.74) is -8.44. The Balaban J connectivity index is 1.52. The molecule has 0 radical (unpaired) electrons. The summed E-state index contributed by atoms with van der Waals surface area (Å²) in [5, 5.41) is 29.0. The van der Waals surface area contributed by atoms with Crippen molar-refractivity contribution in [2.75, 3.05) is 20.7 Å². The number of aliphatic hydroxyl groups is 2. The monoisotopic (exact) mass is 1170 g/mol. The maximum absolute atomic E-state index is 16.0. The quantitative estimate of drug-likeness (QED) is 0.0495. The number of hydrogen-bond donors (Lipinski definition) is 3. The van der Waals surface area contributed by atoms with Gasteiger partial charge in [0.15, 0.2) is 17.5 Å². The van der Waals surface area contributed by atoms with E-state index < -0.39 is 124 Å². The van der Waals surface area contributed by atoms with Crippen molar-refractivity contribution in [1.82, 2.24) is 10.2 Å². The van der Waals surface area contributed by atoms with E-state index in [9.17, 15) is 34.2 Å². The highest BCUT2D eigenvalue weighted by Gasteiger charge is 2.78. The van der Waals surface area contributed by atoms with Crippen LogP contribution in [0.1, 0.15) is 151 Å². The lowest BCUT2D eigenvalue weighted by Crippen LogP contribution is -2.82. The average Bonchev–Trinajstić information content (AvgIpc) is 0.677. The molecular formula is C66H90N2O16. The smallest absolute Gasteiger partial charge is 0.410 e. The maximum atomic E-state index is 16.0. The van der Waals surface area contributed by atoms with Gasteiger partial charge in [-0.25, -0.2) is 19.2 Å². The number of nitrogens with zero attached hydrogens (tertiary/aromatic N) is 1. The molecule has 11 atom stereocenters. The molecule has 1 heterocycles. The second kappa shape index (κ2) is 29.8. The van der Waals surface area contributed by atoms with Gasteiger partial charge in [0.25, 0.3) is 0 Å². The van der Waals surface area contributed by atoms with Crippen molar-refractivity contribution in [3.63, 3.8) is 0 Å². The molecule has 4 aliphatic rings. The highest BCUT2D eigenvalue weighted by Crippen LogP contribution is 2.64. The van der Waals surface area contributed by atoms with Gasteiger partial charge < -0.3 is 53.6 Å². The Morgan fingerprint density at radius 1 is 0.821 bits per heavy atom. The number of benzene rings is 1. The summed E-state index contributed by atoms with van der Waals surface area (Å²) in [5.74, 6) is -6.30. The molecule has 84 heavy (non-hydrogen) atoms. The van der Waals surface area contributed by atoms with Crippen molar-refractivity contribution in [2.45, 2.75) is 200 Å². The number of Topliss-reactive ketones (excluding diaryl/α,β-unsaturated/α-hetero) is 1. The Kier molecular flexibility index (Phi) is 24.1. The van der Waals surface area contributed by atoms with Crippen LogP contribution in [0, 0.1) is 16.7 Å². The van der Waals surface area contributed by atoms with Crippen molar-refractivity contribution < 1.29 is 76.9 Å². The number of amides is 2. The van der Waals surface area contributed by atoms with Crippen molar-refractivity contribution >= 4 is 41.8 Å². The summed E-state index contributed by atoms with van der Waals surface area (Å²) >= 11 is 0. The van der Waals surface area contributed by atoms with Crippen LogP contribution in [0.15, 0.2) is 126 Å². The zero-order valence-corrected chi connectivity index (χ0v) is 51.3. The molecule has 3 fully saturated rings. The van der Waals surface area contributed by atoms with Gasteiger partial charge in [0.2, 0.25) is 6.10 Å². The topological polar surface area (TPSA) is 240 Å². The highest BCUT2D eigenvalue weighted by atomic mass is 16.6. The molecule has 18 heteroatoms. The number of esters is 4. The molecule has 3 aliphatic carbocycles. The van der Waals surface area contributed by atoms with Crippen LogP contribution in [0.4, 0.5) is 9.59 Å². The minimum atomic E-state index is -2.48. The Hall–Kier alpha value is -6.89. The van der Waals surface area contributed by atoms with E-state index in [1.807, 2.05) is 24.3 Å². The molecule has 460 valence electrons. The molecule has 3 N–H and O–H groups in total. The van der Waals surface area contributed by atoms with Crippen LogP contribution >= 0.6 is 0 Å². The standard InChI is InChI=1S/C66H90N2O16/c1-14-15-16-17-18-19-20-21-22-23-24-25-26-27-28-29-30-31-35-38-51(71)80-53(47(39-43(2)3)67-60(75)84-62(6,7)8)59(74)79-48-41-66(77)57(82-58(73)46-36-33-32-34-37-46)55-64(11,49(70)40-50-65(55,42-78-50)83-45(5)69)56(72)54(81-61(76)68(12)13)52(44(48)4)63(66,9)10/h15-16,18-19,21-22,24-25,27-28,30-34,36-37,39,47-50,53-55,57,70,77H,14,17,20,23,26,29,35,38,40-42H2,1-13H3,(H,67,75)/b16-15-,19-18-,22-21-,25-24-,28-27-,31-30-/t47-,48-,49-,50+,53+,54+,55?,57?,64+,65-,66+/m0/s1. The fourth-order valence-corrected chi connectivity index (χ4v) is 11.6. The molecule has 2 saturated carbocycles. The number of alkyl carbamates (subject to hydrolysis) is 1. The normalized spacial score (nSPS) is 27.3. The van der Waals surface area contributed by atoms with E-state index in [2.05, 4.69) is 60.8 Å². The van der Waals surface area contributed by atoms with E-state index in [0.29, 0.717) is 12.0 Å². The van der Waals surface area contributed by atoms with E-state index in [-0.39, 0.29) is 42.6 Å². The van der Waals surface area contributed by atoms with Gasteiger partial charge in [0.05, 0.1) is 35.6 Å². The van der Waals surface area contributed by atoms with E-state index >= 15 is 9.59 Å². The van der Waals surface area contributed by atoms with Crippen LogP contribution in [-0.4, -0.2) is 137 Å². The predicted octanol–water partition coefficient (Wildman–Crippen LogP) is 10.6. The lowest BCUT2D eigenvalue weighted by molar-refractivity contribution is -0.345. The zero-order chi connectivity index (χ0) is 62.2. The number of ketones is 1. The van der Waals surface area contributed by atoms with Crippen molar-refractivity contribution in [3.05, 3.63) is 132 Å². The first-order valence-electron chi connectivity index (χ1n) is 29.1. The predicted molar refractivity (Wildman–Crippen MR) is 317 cm³/mol. The first kappa shape index (κ1) is 67.9. The van der Waals surface area contributed by atoms with E-state index in [0.717, 1.165) is 43.9 Å². The number of aliphatic hydroxyl groups excluding tert-OH is 1. The summed E-state index contributed by atoms with van der Waals surface area (Å²) in [6.07, 6.45) is 18.8. The SMILES string of the molecule is CC/C=C\C/C=C\C/C=C\C/C=C\C/C=C\C/C=C\CCC(=O)O[C@@H](C(=O)O[C@H]1C[C@@]2(O)C(OC(=O)c3ccccc3)C3[C@](C)(C(=O)[C@H](OC(=O)N(C)C)C(=C1C)C2(C)C)[C@@H](O)C[C@H]1OC[C@@]31OC(C)=O)[C@H](C=C(C)C)NC(=O)OC(C)(C)C. The fourth-order valence-electron chi connectivity index (χ4n) is 11.6. The van der Waals surface area contributed by atoms with Gasteiger partial charge in [-0.2, -0.15) is 0 Å². The summed E-state index contributed by atoms with van der Waals surface area (Å²) in [4.78, 5) is 101. The number of fused-ring (bicyclic) bond motifs is 5. The van der Waals surface area contributed by atoms with Gasteiger partial charge >= 0.3 is 36.1 Å². The maximum Gasteiger partial charge on any atom is 0.410 e. The Morgan fingerprint density at radius 3 is 1.88 bits per heavy atom. The molecular weight excluding hydrogens is 1080 g/mol. The third kappa shape index (κ3) is 16.5. The van der Waals surface area contributed by atoms with Crippen molar-refractivity contribution in [1.29, 1.82) is 0 Å². The molecule has 2 amide bonds. The van der Waals surface area contributed by atoms with Crippen LogP contribution in [0.3, 0.4) is 0 Å². The number of nitrogens with one attached hydrogen (secondary N) is 1. The van der Waals surface area contributed by atoms with Gasteiger partial charge in [-0.15, -0.1) is 0 Å². The van der Waals surface area contributed by atoms with Crippen LogP contribution in [0.2, 0.25) is 0 Å². The van der Waals surface area contributed by atoms with Crippen LogP contribution in [0.25, 0.3) is 0 Å². The lowest BCUT2D eigenvalue weighted by atomic mass is 9.44. The third-order valence-electron chi connectivity index (χ3n) is 15.9. The van der Waals surface area contributed by atoms with Gasteiger partial charge in [-0.3, -0.25) is 14.4 Å². The molecule has 0 spiro atoms. The number of ether oxygens (including phenoxy) is 7. The second-order valence-corrected chi connectivity index (χ2v) is 24.1. The van der Waals surface area contributed by atoms with E-state index in [1.54, 1.807) is 66.7 Å². The van der Waals surface area contributed by atoms with Gasteiger partial charge in [0, 0.05) is 45.7 Å². The lowest BCUT2D eigenvalue weighted by Gasteiger charge is -2.67. The van der Waals surface area contributed by atoms with Gasteiger partial charge in [-0.05, 0) is 117 Å². The molecule has 1 aromatic carbocycles. The number of hydrogen-bond acceptors (Lipinski definition) is 16. The van der Waals surface area contributed by atoms with Gasteiger partial charge in [0.1, 0.15) is 29.5 Å². The largest absolute Gasteiger partial charge is 0.455 e. The number of allylic oxidation sites excluding steroid dienone is 13. The number of rotatable bonds is 24. The summed E-state index contributed by atoms with van der Waals surface area (Å²) in [6, 6.07) is 6.44. The van der Waals surface area contributed by atoms with Crippen LogP contribution < -0.4 is 5.32 Å². The molecule has 1 aromatic rings. The molecule has 1 aliphatic heterocycles. The fraction of sp³-hybridized carbons (Fsp3) is 0.561. The Bertz CT molecular complexity index is 2760. The first-order chi connectivity index (χ1) is 39.5. The van der Waals surface area contributed by atoms with Crippen LogP contribution in [-0.2, 0) is 52.3 Å². The number of carbonyl (C=O) groups is 7. The Morgan fingerprint density at radius 2 is 1.38 bits per heavy atom. The van der Waals surface area contributed by atoms with Gasteiger partial charge in [-0.1, -0.05) is 124 Å². The molecule has 5 rings (SSSR count). The molecule has 2 bridgehead atoms. The summed E-state index contributed by atoms with van der Waals surface area (Å²) < 4.78 is 42.7. The second-order valence-electron chi connectivity index (χ2n) is 24.1. The molecule has 2 unspecified atom stereocenters. The van der Waals surface area contributed by atoms with E-state index in [4.69, 9.17) is 33.2 Å². The number of carbonyl (C=O) groups excluding carboxylic acids is 7. The van der Waals surface area contributed by atoms with Crippen molar-refractivity contribution in [2.24, 2.45) is 16.7 Å². The molecule has 1 saturated heterocycles. The first-order valence-corrected chi connectivity index (χ1v) is 29.1. The summed E-state index contributed by atoms with van der Waals surface area (Å²) in [6.45, 7) is 17.3. The average molecular weight is 1170 g/mol. The molecule has 18 nitrogen and oxygen atoms in total. The summed E-state index contributed by atoms with van der Waals surface area (Å²) in [7, 11) is 2.79. The third-order valence-corrected chi connectivity index (χ3v) is 15.9. The minimum absolute atomic E-state index is 0.0464. The molecule has 0 aromatic heterocycles. The highest BCUT2D eigenvalue weighted by molar-refractivity contribution is 5.96. The van der Waals surface area contributed by atoms with E-state index in [1.165, 1.54) is 46.2 Å². The Labute approximate surface area is 496 Å². The zero-order valence-electron chi connectivity index (χ0n) is 51.3. The van der Waals surface area contributed by atoms with Crippen molar-refractivity contribution in [3.8, 4) is 0 Å². The van der Waals surface area contributed by atoms with Crippen LogP contribution in [0.5, 0.6) is 0 Å².